The fourth-order valence-electron chi connectivity index (χ4n) is 5.16. The Kier molecular flexibility index (Phi) is 13.9. The van der Waals surface area contributed by atoms with Crippen LogP contribution in [0.1, 0.15) is 41.0 Å². The zero-order valence-corrected chi connectivity index (χ0v) is 28.7. The molecule has 0 bridgehead atoms. The monoisotopic (exact) mass is 759 g/mol. The van der Waals surface area contributed by atoms with Gasteiger partial charge in [-0.05, 0) is 47.9 Å². The van der Waals surface area contributed by atoms with E-state index in [0.29, 0.717) is 18.2 Å². The standard InChI is InChI=1S/C33H35F10NO6Si/c1-5-47-28(45)27(22-7-6-14-44-18-22)26(21-10-13-24(49-29(34)35)25(17-21)50-30(36)37)20-8-11-23(12-9-20)31(32(38,39)40,33(41,42)43)48-19-46-15-16-51(2,3)4/h6-14,17-18,26-27,29-30H,5,15-16,19H2,1-4H3. The number of benzene rings is 2. The molecule has 0 spiro atoms. The predicted molar refractivity (Wildman–Crippen MR) is 165 cm³/mol. The summed E-state index contributed by atoms with van der Waals surface area (Å²) in [5, 5.41) is 0. The highest BCUT2D eigenvalue weighted by molar-refractivity contribution is 6.76. The molecule has 0 saturated heterocycles. The molecule has 0 aliphatic carbocycles. The van der Waals surface area contributed by atoms with Gasteiger partial charge in [-0.25, -0.2) is 0 Å². The van der Waals surface area contributed by atoms with Gasteiger partial charge in [-0.15, -0.1) is 0 Å². The van der Waals surface area contributed by atoms with E-state index in [9.17, 15) is 48.7 Å². The summed E-state index contributed by atoms with van der Waals surface area (Å²) < 4.78 is 163. The van der Waals surface area contributed by atoms with Crippen LogP contribution in [0.4, 0.5) is 43.9 Å². The van der Waals surface area contributed by atoms with Gasteiger partial charge in [0.1, 0.15) is 6.79 Å². The molecular formula is C33H35F10NO6Si. The van der Waals surface area contributed by atoms with Gasteiger partial charge in [-0.1, -0.05) is 56.0 Å². The SMILES string of the molecule is CCOC(=O)C(c1cccnc1)C(c1ccc(C(OCOCC[Si](C)(C)C)(C(F)(F)F)C(F)(F)F)cc1)c1ccc(OC(F)F)c(OC(F)F)c1. The van der Waals surface area contributed by atoms with E-state index in [1.54, 1.807) is 0 Å². The van der Waals surface area contributed by atoms with E-state index in [0.717, 1.165) is 30.3 Å². The van der Waals surface area contributed by atoms with Crippen LogP contribution in [-0.4, -0.2) is 64.6 Å². The zero-order chi connectivity index (χ0) is 38.2. The minimum absolute atomic E-state index is 0.115. The lowest BCUT2D eigenvalue weighted by Gasteiger charge is -2.37. The van der Waals surface area contributed by atoms with E-state index in [2.05, 4.69) is 19.2 Å². The number of rotatable bonds is 17. The van der Waals surface area contributed by atoms with Crippen molar-refractivity contribution in [3.8, 4) is 11.5 Å². The topological polar surface area (TPSA) is 76.1 Å². The van der Waals surface area contributed by atoms with Crippen LogP contribution in [0.15, 0.2) is 67.0 Å². The second-order valence-electron chi connectivity index (χ2n) is 12.2. The molecule has 2 aromatic carbocycles. The van der Waals surface area contributed by atoms with Crippen molar-refractivity contribution in [1.29, 1.82) is 0 Å². The molecule has 7 nitrogen and oxygen atoms in total. The van der Waals surface area contributed by atoms with Crippen molar-refractivity contribution in [1.82, 2.24) is 4.98 Å². The number of hydrogen-bond acceptors (Lipinski definition) is 7. The van der Waals surface area contributed by atoms with Gasteiger partial charge in [0.05, 0.1) is 12.5 Å². The molecule has 0 radical (unpaired) electrons. The molecule has 0 N–H and O–H groups in total. The number of carbonyl (C=O) groups excluding carboxylic acids is 1. The van der Waals surface area contributed by atoms with Gasteiger partial charge >= 0.3 is 31.5 Å². The van der Waals surface area contributed by atoms with E-state index >= 15 is 0 Å². The fraction of sp³-hybridized carbons (Fsp3) is 0.455. The molecule has 2 unspecified atom stereocenters. The Morgan fingerprint density at radius 1 is 0.804 bits per heavy atom. The van der Waals surface area contributed by atoms with Crippen molar-refractivity contribution in [3.05, 3.63) is 89.2 Å². The van der Waals surface area contributed by atoms with Crippen molar-refractivity contribution >= 4 is 14.0 Å². The van der Waals surface area contributed by atoms with Crippen molar-refractivity contribution in [2.75, 3.05) is 20.0 Å². The van der Waals surface area contributed by atoms with E-state index in [1.807, 2.05) is 19.6 Å². The normalized spacial score (nSPS) is 14.0. The minimum Gasteiger partial charge on any atom is -0.465 e. The largest absolute Gasteiger partial charge is 0.465 e. The van der Waals surface area contributed by atoms with Crippen LogP contribution in [0.3, 0.4) is 0 Å². The van der Waals surface area contributed by atoms with Crippen LogP contribution in [-0.2, 0) is 24.6 Å². The van der Waals surface area contributed by atoms with Gasteiger partial charge in [-0.2, -0.15) is 43.9 Å². The maximum Gasteiger partial charge on any atom is 0.430 e. The van der Waals surface area contributed by atoms with Crippen LogP contribution in [0.2, 0.25) is 25.7 Å². The Morgan fingerprint density at radius 3 is 1.90 bits per heavy atom. The third kappa shape index (κ3) is 10.6. The van der Waals surface area contributed by atoms with E-state index in [-0.39, 0.29) is 29.9 Å². The quantitative estimate of drug-likeness (QED) is 0.0447. The van der Waals surface area contributed by atoms with Crippen LogP contribution >= 0.6 is 0 Å². The van der Waals surface area contributed by atoms with Crippen molar-refractivity contribution in [3.63, 3.8) is 0 Å². The first-order valence-corrected chi connectivity index (χ1v) is 19.0. The minimum atomic E-state index is -6.04. The molecule has 0 fully saturated rings. The summed E-state index contributed by atoms with van der Waals surface area (Å²) in [4.78, 5) is 17.4. The maximum absolute atomic E-state index is 14.5. The molecule has 1 heterocycles. The maximum atomic E-state index is 14.5. The summed E-state index contributed by atoms with van der Waals surface area (Å²) in [6.07, 6.45) is -9.50. The number of hydrogen-bond donors (Lipinski definition) is 0. The number of halogens is 10. The van der Waals surface area contributed by atoms with E-state index in [4.69, 9.17) is 9.47 Å². The summed E-state index contributed by atoms with van der Waals surface area (Å²) in [6.45, 7) is -1.38. The Hall–Kier alpha value is -3.90. The van der Waals surface area contributed by atoms with Crippen molar-refractivity contribution in [2.45, 2.75) is 75.6 Å². The van der Waals surface area contributed by atoms with Gasteiger partial charge in [0.25, 0.3) is 5.60 Å². The molecule has 282 valence electrons. The lowest BCUT2D eigenvalue weighted by molar-refractivity contribution is -0.401. The molecule has 3 aromatic rings. The molecule has 0 saturated carbocycles. The van der Waals surface area contributed by atoms with Crippen LogP contribution in [0.25, 0.3) is 0 Å². The molecule has 1 aromatic heterocycles. The number of pyridine rings is 1. The molecule has 51 heavy (non-hydrogen) atoms. The summed E-state index contributed by atoms with van der Waals surface area (Å²) in [5.74, 6) is -5.52. The van der Waals surface area contributed by atoms with Gasteiger partial charge in [0.15, 0.2) is 11.5 Å². The molecule has 18 heteroatoms. The van der Waals surface area contributed by atoms with Crippen LogP contribution < -0.4 is 9.47 Å². The van der Waals surface area contributed by atoms with Crippen LogP contribution in [0, 0.1) is 0 Å². The third-order valence-electron chi connectivity index (χ3n) is 7.51. The second-order valence-corrected chi connectivity index (χ2v) is 17.9. The second kappa shape index (κ2) is 17.1. The highest BCUT2D eigenvalue weighted by atomic mass is 28.3. The van der Waals surface area contributed by atoms with E-state index in [1.165, 1.54) is 31.5 Å². The Balaban J connectivity index is 2.24. The smallest absolute Gasteiger partial charge is 0.430 e. The molecule has 0 aliphatic rings. The summed E-state index contributed by atoms with van der Waals surface area (Å²) in [5.41, 5.74) is -6.31. The molecule has 0 aliphatic heterocycles. The van der Waals surface area contributed by atoms with Gasteiger partial charge in [-0.3, -0.25) is 9.78 Å². The van der Waals surface area contributed by atoms with Gasteiger partial charge in [0, 0.05) is 38.6 Å². The number of carbonyl (C=O) groups is 1. The zero-order valence-electron chi connectivity index (χ0n) is 27.7. The Labute approximate surface area is 287 Å². The number of nitrogens with zero attached hydrogens (tertiary/aromatic N) is 1. The first kappa shape index (κ1) is 41.5. The lowest BCUT2D eigenvalue weighted by Crippen LogP contribution is -2.56. The first-order valence-electron chi connectivity index (χ1n) is 15.3. The van der Waals surface area contributed by atoms with Crippen molar-refractivity contribution < 1.29 is 72.4 Å². The Bertz CT molecular complexity index is 1540. The van der Waals surface area contributed by atoms with Crippen LogP contribution in [0.5, 0.6) is 11.5 Å². The fourth-order valence-corrected chi connectivity index (χ4v) is 5.92. The molecule has 2 atom stereocenters. The Morgan fingerprint density at radius 2 is 1.39 bits per heavy atom. The van der Waals surface area contributed by atoms with E-state index < -0.39 is 80.9 Å². The number of ether oxygens (including phenoxy) is 5. The lowest BCUT2D eigenvalue weighted by atomic mass is 9.76. The number of esters is 1. The molecule has 3 rings (SSSR count). The predicted octanol–water partition coefficient (Wildman–Crippen LogP) is 9.41. The summed E-state index contributed by atoms with van der Waals surface area (Å²) >= 11 is 0. The number of alkyl halides is 10. The summed E-state index contributed by atoms with van der Waals surface area (Å²) in [6, 6.07) is 8.78. The number of aromatic nitrogens is 1. The third-order valence-corrected chi connectivity index (χ3v) is 9.21. The molecule has 0 amide bonds. The molecular weight excluding hydrogens is 724 g/mol. The van der Waals surface area contributed by atoms with Crippen molar-refractivity contribution in [2.24, 2.45) is 0 Å². The summed E-state index contributed by atoms with van der Waals surface area (Å²) in [7, 11) is -1.75. The average molecular weight is 760 g/mol. The van der Waals surface area contributed by atoms with Gasteiger partial charge < -0.3 is 23.7 Å². The average Bonchev–Trinajstić information content (AvgIpc) is 3.01. The highest BCUT2D eigenvalue weighted by Gasteiger charge is 2.73. The first-order chi connectivity index (χ1) is 23.7. The highest BCUT2D eigenvalue weighted by Crippen LogP contribution is 2.53. The van der Waals surface area contributed by atoms with Gasteiger partial charge in [0.2, 0.25) is 0 Å².